The van der Waals surface area contributed by atoms with Crippen molar-refractivity contribution in [3.63, 3.8) is 0 Å². The smallest absolute Gasteiger partial charge is 0.0928 e. The fourth-order valence-corrected chi connectivity index (χ4v) is 0.751. The minimum atomic E-state index is 0.173. The molecule has 0 aliphatic carbocycles. The van der Waals surface area contributed by atoms with Gasteiger partial charge in [0.15, 0.2) is 0 Å². The second-order valence-corrected chi connectivity index (χ2v) is 2.85. The van der Waals surface area contributed by atoms with Gasteiger partial charge < -0.3 is 15.2 Å². The van der Waals surface area contributed by atoms with E-state index >= 15 is 0 Å². The van der Waals surface area contributed by atoms with Crippen LogP contribution in [0.25, 0.3) is 0 Å². The normalized spacial score (nSPS) is 10.2. The third kappa shape index (κ3) is 11.4. The third-order valence-electron chi connectivity index (χ3n) is 1.53. The highest BCUT2D eigenvalue weighted by Crippen LogP contribution is 1.88. The molecule has 0 radical (unpaired) electrons. The molecule has 0 unspecified atom stereocenters. The zero-order valence-corrected chi connectivity index (χ0v) is 8.34. The molecule has 0 bridgehead atoms. The van der Waals surface area contributed by atoms with Crippen LogP contribution in [0, 0.1) is 5.41 Å². The van der Waals surface area contributed by atoms with Crippen molar-refractivity contribution in [2.24, 2.45) is 5.73 Å². The van der Waals surface area contributed by atoms with Crippen LogP contribution >= 0.6 is 0 Å². The lowest BCUT2D eigenvalue weighted by molar-refractivity contribution is 0.0492. The average Bonchev–Trinajstić information content (AvgIpc) is 2.09. The van der Waals surface area contributed by atoms with Gasteiger partial charge in [0.05, 0.1) is 25.7 Å². The van der Waals surface area contributed by atoms with E-state index in [1.807, 2.05) is 0 Å². The average molecular weight is 188 g/mol. The minimum absolute atomic E-state index is 0.173. The van der Waals surface area contributed by atoms with E-state index in [0.29, 0.717) is 26.2 Å². The van der Waals surface area contributed by atoms with E-state index in [9.17, 15) is 0 Å². The SMILES string of the molecule is CCCCOCCOCCC(=N)N. The molecule has 4 nitrogen and oxygen atoms in total. The Morgan fingerprint density at radius 1 is 1.15 bits per heavy atom. The Balaban J connectivity index is 2.87. The van der Waals surface area contributed by atoms with E-state index < -0.39 is 0 Å². The molecule has 0 aromatic heterocycles. The van der Waals surface area contributed by atoms with Gasteiger partial charge in [-0.05, 0) is 6.42 Å². The van der Waals surface area contributed by atoms with Gasteiger partial charge in [-0.2, -0.15) is 0 Å². The molecule has 13 heavy (non-hydrogen) atoms. The lowest BCUT2D eigenvalue weighted by Gasteiger charge is -2.04. The van der Waals surface area contributed by atoms with Crippen molar-refractivity contribution in [1.82, 2.24) is 0 Å². The number of amidine groups is 1. The zero-order chi connectivity index (χ0) is 9.94. The summed E-state index contributed by atoms with van der Waals surface area (Å²) >= 11 is 0. The number of ether oxygens (including phenoxy) is 2. The maximum Gasteiger partial charge on any atom is 0.0928 e. The Morgan fingerprint density at radius 2 is 1.77 bits per heavy atom. The lowest BCUT2D eigenvalue weighted by atomic mass is 10.4. The highest BCUT2D eigenvalue weighted by Gasteiger charge is 1.91. The van der Waals surface area contributed by atoms with Gasteiger partial charge in [0, 0.05) is 13.0 Å². The van der Waals surface area contributed by atoms with Crippen LogP contribution in [0.15, 0.2) is 0 Å². The molecule has 0 aromatic carbocycles. The molecular formula is C9H20N2O2. The summed E-state index contributed by atoms with van der Waals surface area (Å²) in [7, 11) is 0. The van der Waals surface area contributed by atoms with Crippen LogP contribution in [-0.2, 0) is 9.47 Å². The first-order chi connectivity index (χ1) is 6.27. The van der Waals surface area contributed by atoms with Crippen LogP contribution < -0.4 is 5.73 Å². The van der Waals surface area contributed by atoms with Crippen LogP contribution in [0.3, 0.4) is 0 Å². The molecule has 0 spiro atoms. The molecule has 0 heterocycles. The monoisotopic (exact) mass is 188 g/mol. The Kier molecular flexibility index (Phi) is 9.03. The van der Waals surface area contributed by atoms with Gasteiger partial charge in [0.2, 0.25) is 0 Å². The van der Waals surface area contributed by atoms with Crippen LogP contribution in [0.1, 0.15) is 26.2 Å². The predicted molar refractivity (Wildman–Crippen MR) is 53.1 cm³/mol. The largest absolute Gasteiger partial charge is 0.388 e. The number of rotatable bonds is 9. The maximum atomic E-state index is 6.93. The third-order valence-corrected chi connectivity index (χ3v) is 1.53. The van der Waals surface area contributed by atoms with Gasteiger partial charge in [-0.3, -0.25) is 5.41 Å². The summed E-state index contributed by atoms with van der Waals surface area (Å²) in [6, 6.07) is 0. The van der Waals surface area contributed by atoms with Crippen LogP contribution in [0.2, 0.25) is 0 Å². The Morgan fingerprint density at radius 3 is 2.31 bits per heavy atom. The number of nitrogens with one attached hydrogen (secondary N) is 1. The molecule has 0 saturated carbocycles. The Labute approximate surface area is 79.9 Å². The second kappa shape index (κ2) is 9.48. The molecule has 4 heteroatoms. The molecule has 0 rings (SSSR count). The summed E-state index contributed by atoms with van der Waals surface area (Å²) in [6.07, 6.45) is 2.77. The van der Waals surface area contributed by atoms with Crippen molar-refractivity contribution in [2.75, 3.05) is 26.4 Å². The zero-order valence-electron chi connectivity index (χ0n) is 8.34. The summed E-state index contributed by atoms with van der Waals surface area (Å²) in [6.45, 7) is 4.70. The van der Waals surface area contributed by atoms with E-state index in [2.05, 4.69) is 6.92 Å². The van der Waals surface area contributed by atoms with Gasteiger partial charge in [-0.25, -0.2) is 0 Å². The second-order valence-electron chi connectivity index (χ2n) is 2.85. The van der Waals surface area contributed by atoms with Gasteiger partial charge in [0.25, 0.3) is 0 Å². The summed E-state index contributed by atoms with van der Waals surface area (Å²) < 4.78 is 10.5. The van der Waals surface area contributed by atoms with E-state index in [0.717, 1.165) is 19.4 Å². The van der Waals surface area contributed by atoms with Crippen LogP contribution in [0.4, 0.5) is 0 Å². The fraction of sp³-hybridized carbons (Fsp3) is 0.889. The van der Waals surface area contributed by atoms with E-state index in [4.69, 9.17) is 20.6 Å². The molecule has 0 aromatic rings. The van der Waals surface area contributed by atoms with Crippen molar-refractivity contribution in [3.05, 3.63) is 0 Å². The molecule has 0 aliphatic rings. The standard InChI is InChI=1S/C9H20N2O2/c1-2-3-5-12-7-8-13-6-4-9(10)11/h2-8H2,1H3,(H3,10,11). The first-order valence-corrected chi connectivity index (χ1v) is 4.75. The highest BCUT2D eigenvalue weighted by atomic mass is 16.5. The van der Waals surface area contributed by atoms with Gasteiger partial charge in [0.1, 0.15) is 0 Å². The summed E-state index contributed by atoms with van der Waals surface area (Å²) in [4.78, 5) is 0. The van der Waals surface area contributed by atoms with Crippen molar-refractivity contribution >= 4 is 5.84 Å². The maximum absolute atomic E-state index is 6.93. The van der Waals surface area contributed by atoms with E-state index in [-0.39, 0.29) is 5.84 Å². The molecule has 0 atom stereocenters. The van der Waals surface area contributed by atoms with E-state index in [1.165, 1.54) is 0 Å². The molecule has 0 amide bonds. The van der Waals surface area contributed by atoms with Crippen LogP contribution in [0.5, 0.6) is 0 Å². The van der Waals surface area contributed by atoms with Crippen molar-refractivity contribution in [3.8, 4) is 0 Å². The number of unbranched alkanes of at least 4 members (excludes halogenated alkanes) is 1. The first kappa shape index (κ1) is 12.4. The molecular weight excluding hydrogens is 168 g/mol. The van der Waals surface area contributed by atoms with E-state index in [1.54, 1.807) is 0 Å². The Bertz CT molecular complexity index is 129. The molecule has 0 fully saturated rings. The highest BCUT2D eigenvalue weighted by molar-refractivity contribution is 5.76. The summed E-state index contributed by atoms with van der Waals surface area (Å²) in [5.41, 5.74) is 5.14. The Hall–Kier alpha value is -0.610. The fourth-order valence-electron chi connectivity index (χ4n) is 0.751. The van der Waals surface area contributed by atoms with Gasteiger partial charge >= 0.3 is 0 Å². The topological polar surface area (TPSA) is 68.3 Å². The molecule has 0 saturated heterocycles. The van der Waals surface area contributed by atoms with Crippen molar-refractivity contribution < 1.29 is 9.47 Å². The summed E-state index contributed by atoms with van der Waals surface area (Å²) in [5.74, 6) is 0.173. The van der Waals surface area contributed by atoms with Crippen LogP contribution in [-0.4, -0.2) is 32.3 Å². The number of nitrogens with two attached hydrogens (primary N) is 1. The van der Waals surface area contributed by atoms with Crippen molar-refractivity contribution in [2.45, 2.75) is 26.2 Å². The minimum Gasteiger partial charge on any atom is -0.388 e. The summed E-state index contributed by atoms with van der Waals surface area (Å²) in [5, 5.41) is 6.93. The molecule has 0 aliphatic heterocycles. The number of hydrogen-bond acceptors (Lipinski definition) is 3. The van der Waals surface area contributed by atoms with Gasteiger partial charge in [-0.15, -0.1) is 0 Å². The lowest BCUT2D eigenvalue weighted by Crippen LogP contribution is -2.14. The molecule has 3 N–H and O–H groups in total. The first-order valence-electron chi connectivity index (χ1n) is 4.75. The number of hydrogen-bond donors (Lipinski definition) is 2. The quantitative estimate of drug-likeness (QED) is 0.324. The molecule has 78 valence electrons. The predicted octanol–water partition coefficient (Wildman–Crippen LogP) is 1.15. The van der Waals surface area contributed by atoms with Crippen molar-refractivity contribution in [1.29, 1.82) is 5.41 Å². The van der Waals surface area contributed by atoms with Gasteiger partial charge in [-0.1, -0.05) is 13.3 Å².